The number of aryl methyl sites for hydroxylation is 1. The molecule has 0 fully saturated rings. The van der Waals surface area contributed by atoms with E-state index >= 15 is 0 Å². The van der Waals surface area contributed by atoms with Crippen LogP contribution in [0.4, 0.5) is 0 Å². The first kappa shape index (κ1) is 14.3. The fourth-order valence-corrected chi connectivity index (χ4v) is 2.00. The molecule has 1 amide bonds. The number of hydrogen-bond acceptors (Lipinski definition) is 4. The monoisotopic (exact) mass is 252 g/mol. The lowest BCUT2D eigenvalue weighted by Crippen LogP contribution is -2.36. The van der Waals surface area contributed by atoms with Crippen LogP contribution >= 0.6 is 0 Å². The van der Waals surface area contributed by atoms with Gasteiger partial charge in [-0.05, 0) is 25.5 Å². The van der Waals surface area contributed by atoms with Gasteiger partial charge < -0.3 is 9.47 Å². The Morgan fingerprint density at radius 3 is 2.39 bits per heavy atom. The number of ether oxygens (including phenoxy) is 2. The fourth-order valence-electron chi connectivity index (χ4n) is 2.00. The lowest BCUT2D eigenvalue weighted by molar-refractivity contribution is -0.131. The van der Waals surface area contributed by atoms with E-state index < -0.39 is 0 Å². The van der Waals surface area contributed by atoms with Crippen molar-refractivity contribution in [3.05, 3.63) is 23.3 Å². The predicted octanol–water partition coefficient (Wildman–Crippen LogP) is 1.45. The van der Waals surface area contributed by atoms with E-state index in [-0.39, 0.29) is 11.8 Å². The number of hydrogen-bond donors (Lipinski definition) is 1. The number of nitrogens with zero attached hydrogens (tertiary/aromatic N) is 1. The normalized spacial score (nSPS) is 11.9. The third kappa shape index (κ3) is 2.73. The van der Waals surface area contributed by atoms with Crippen LogP contribution in [0.5, 0.6) is 11.5 Å². The van der Waals surface area contributed by atoms with Gasteiger partial charge in [0.25, 0.3) is 0 Å². The molecular formula is C13H20N2O3. The highest BCUT2D eigenvalue weighted by molar-refractivity contribution is 5.84. The Bertz CT molecular complexity index is 444. The number of rotatable bonds is 4. The van der Waals surface area contributed by atoms with Crippen molar-refractivity contribution >= 4 is 5.91 Å². The largest absolute Gasteiger partial charge is 0.497 e. The Labute approximate surface area is 107 Å². The maximum atomic E-state index is 11.9. The second kappa shape index (κ2) is 5.73. The maximum absolute atomic E-state index is 11.9. The molecule has 5 nitrogen and oxygen atoms in total. The summed E-state index contributed by atoms with van der Waals surface area (Å²) in [7, 11) is 4.70. The van der Waals surface area contributed by atoms with Crippen LogP contribution in [0.1, 0.15) is 24.0 Å². The van der Waals surface area contributed by atoms with Crippen molar-refractivity contribution in [1.82, 2.24) is 5.01 Å². The van der Waals surface area contributed by atoms with Crippen LogP contribution in [-0.2, 0) is 4.79 Å². The van der Waals surface area contributed by atoms with E-state index in [0.29, 0.717) is 11.5 Å². The van der Waals surface area contributed by atoms with Gasteiger partial charge >= 0.3 is 0 Å². The van der Waals surface area contributed by atoms with E-state index in [9.17, 15) is 4.79 Å². The zero-order chi connectivity index (χ0) is 13.9. The van der Waals surface area contributed by atoms with Gasteiger partial charge in [-0.3, -0.25) is 9.80 Å². The Balaban J connectivity index is 3.27. The third-order valence-electron chi connectivity index (χ3n) is 2.93. The smallest absolute Gasteiger partial charge is 0.243 e. The minimum Gasteiger partial charge on any atom is -0.497 e. The summed E-state index contributed by atoms with van der Waals surface area (Å²) in [5.74, 6) is 6.30. The molecule has 0 bridgehead atoms. The molecule has 18 heavy (non-hydrogen) atoms. The van der Waals surface area contributed by atoms with E-state index in [2.05, 4.69) is 0 Å². The number of carbonyl (C=O) groups excluding carboxylic acids is 1. The van der Waals surface area contributed by atoms with Crippen LogP contribution in [0.3, 0.4) is 0 Å². The van der Waals surface area contributed by atoms with E-state index in [1.54, 1.807) is 20.3 Å². The molecule has 100 valence electrons. The maximum Gasteiger partial charge on any atom is 0.243 e. The quantitative estimate of drug-likeness (QED) is 0.500. The van der Waals surface area contributed by atoms with Gasteiger partial charge in [0.05, 0.1) is 20.1 Å². The van der Waals surface area contributed by atoms with Crippen molar-refractivity contribution in [3.8, 4) is 11.5 Å². The average Bonchev–Trinajstić information content (AvgIpc) is 2.35. The summed E-state index contributed by atoms with van der Waals surface area (Å²) >= 11 is 0. The minimum absolute atomic E-state index is 0.165. The Kier molecular flexibility index (Phi) is 4.55. The van der Waals surface area contributed by atoms with Crippen molar-refractivity contribution in [1.29, 1.82) is 0 Å². The van der Waals surface area contributed by atoms with Gasteiger partial charge in [-0.2, -0.15) is 0 Å². The van der Waals surface area contributed by atoms with Crippen molar-refractivity contribution in [2.75, 3.05) is 21.3 Å². The van der Waals surface area contributed by atoms with E-state index in [1.807, 2.05) is 19.9 Å². The van der Waals surface area contributed by atoms with Crippen LogP contribution in [0, 0.1) is 6.92 Å². The zero-order valence-corrected chi connectivity index (χ0v) is 11.5. The van der Waals surface area contributed by atoms with Gasteiger partial charge in [0, 0.05) is 18.7 Å². The predicted molar refractivity (Wildman–Crippen MR) is 69.7 cm³/mol. The summed E-state index contributed by atoms with van der Waals surface area (Å²) in [4.78, 5) is 11.9. The molecule has 1 aromatic carbocycles. The van der Waals surface area contributed by atoms with Crippen LogP contribution in [0.2, 0.25) is 0 Å². The van der Waals surface area contributed by atoms with E-state index in [4.69, 9.17) is 15.3 Å². The second-order valence-electron chi connectivity index (χ2n) is 4.23. The van der Waals surface area contributed by atoms with Gasteiger partial charge in [0.2, 0.25) is 5.91 Å². The highest BCUT2D eigenvalue weighted by Crippen LogP contribution is 2.34. The number of benzene rings is 1. The van der Waals surface area contributed by atoms with Crippen LogP contribution < -0.4 is 15.3 Å². The summed E-state index contributed by atoms with van der Waals surface area (Å²) < 4.78 is 10.5. The number of likely N-dealkylation sites (N-methyl/N-ethyl adjacent to an activating group) is 1. The summed E-state index contributed by atoms with van der Waals surface area (Å²) in [6.45, 7) is 3.73. The molecular weight excluding hydrogens is 232 g/mol. The molecule has 1 unspecified atom stereocenters. The van der Waals surface area contributed by atoms with Crippen LogP contribution in [0.15, 0.2) is 12.1 Å². The van der Waals surface area contributed by atoms with E-state index in [1.165, 1.54) is 7.05 Å². The zero-order valence-electron chi connectivity index (χ0n) is 11.5. The van der Waals surface area contributed by atoms with Crippen LogP contribution in [-0.4, -0.2) is 32.2 Å². The minimum atomic E-state index is -0.360. The van der Waals surface area contributed by atoms with Gasteiger partial charge in [-0.1, -0.05) is 0 Å². The average molecular weight is 252 g/mol. The van der Waals surface area contributed by atoms with Gasteiger partial charge in [0.15, 0.2) is 0 Å². The summed E-state index contributed by atoms with van der Waals surface area (Å²) in [6.07, 6.45) is 0. The summed E-state index contributed by atoms with van der Waals surface area (Å²) in [6, 6.07) is 3.64. The summed E-state index contributed by atoms with van der Waals surface area (Å²) in [5, 5.41) is 1.09. The lowest BCUT2D eigenvalue weighted by atomic mass is 9.94. The third-order valence-corrected chi connectivity index (χ3v) is 2.93. The Morgan fingerprint density at radius 2 is 1.94 bits per heavy atom. The SMILES string of the molecule is COc1cc(C)c(C(C)C(=O)N(C)N)c(OC)c1. The molecule has 0 spiro atoms. The van der Waals surface area contributed by atoms with Crippen molar-refractivity contribution in [2.45, 2.75) is 19.8 Å². The molecule has 0 saturated carbocycles. The molecule has 0 aliphatic heterocycles. The number of amides is 1. The van der Waals surface area contributed by atoms with Gasteiger partial charge in [-0.25, -0.2) is 5.84 Å². The number of nitrogens with two attached hydrogens (primary N) is 1. The lowest BCUT2D eigenvalue weighted by Gasteiger charge is -2.21. The van der Waals surface area contributed by atoms with Crippen molar-refractivity contribution in [3.63, 3.8) is 0 Å². The standard InChI is InChI=1S/C13H20N2O3/c1-8-6-10(17-4)7-11(18-5)12(8)9(2)13(16)15(3)14/h6-7,9H,14H2,1-5H3. The van der Waals surface area contributed by atoms with Crippen LogP contribution in [0.25, 0.3) is 0 Å². The molecule has 0 aliphatic rings. The molecule has 0 aromatic heterocycles. The molecule has 1 aromatic rings. The molecule has 0 heterocycles. The first-order valence-corrected chi connectivity index (χ1v) is 5.67. The van der Waals surface area contributed by atoms with Crippen molar-refractivity contribution < 1.29 is 14.3 Å². The van der Waals surface area contributed by atoms with Crippen molar-refractivity contribution in [2.24, 2.45) is 5.84 Å². The molecule has 2 N–H and O–H groups in total. The number of methoxy groups -OCH3 is 2. The number of hydrazine groups is 1. The molecule has 0 aliphatic carbocycles. The molecule has 1 atom stereocenters. The topological polar surface area (TPSA) is 64.8 Å². The van der Waals surface area contributed by atoms with Gasteiger partial charge in [0.1, 0.15) is 11.5 Å². The Morgan fingerprint density at radius 1 is 1.33 bits per heavy atom. The highest BCUT2D eigenvalue weighted by Gasteiger charge is 2.23. The molecule has 0 radical (unpaired) electrons. The van der Waals surface area contributed by atoms with Gasteiger partial charge in [-0.15, -0.1) is 0 Å². The molecule has 0 saturated heterocycles. The molecule has 1 rings (SSSR count). The fraction of sp³-hybridized carbons (Fsp3) is 0.462. The molecule has 5 heteroatoms. The Hall–Kier alpha value is -1.75. The second-order valence-corrected chi connectivity index (χ2v) is 4.23. The van der Waals surface area contributed by atoms with E-state index in [0.717, 1.165) is 16.1 Å². The summed E-state index contributed by atoms with van der Waals surface area (Å²) in [5.41, 5.74) is 1.77. The first-order chi connectivity index (χ1) is 8.42. The first-order valence-electron chi connectivity index (χ1n) is 5.67. The highest BCUT2D eigenvalue weighted by atomic mass is 16.5. The number of carbonyl (C=O) groups is 1.